The van der Waals surface area contributed by atoms with Crippen molar-refractivity contribution >= 4 is 17.8 Å². The molecule has 2 aliphatic rings. The van der Waals surface area contributed by atoms with Gasteiger partial charge in [-0.25, -0.2) is 9.59 Å². The molecule has 0 radical (unpaired) electrons. The second-order valence-electron chi connectivity index (χ2n) is 7.22. The van der Waals surface area contributed by atoms with E-state index in [2.05, 4.69) is 31.0 Å². The van der Waals surface area contributed by atoms with Crippen LogP contribution < -0.4 is 0 Å². The Labute approximate surface area is 163 Å². The number of rotatable bonds is 4. The third-order valence-electron chi connectivity index (χ3n) is 4.96. The van der Waals surface area contributed by atoms with E-state index in [-0.39, 0.29) is 11.8 Å². The molecular formula is C18H27N3O7. The Morgan fingerprint density at radius 3 is 2.50 bits per heavy atom. The Kier molecular flexibility index (Phi) is 7.53. The zero-order valence-corrected chi connectivity index (χ0v) is 16.4. The van der Waals surface area contributed by atoms with Gasteiger partial charge in [-0.3, -0.25) is 9.69 Å². The number of fused-ring (bicyclic) bond motifs is 1. The van der Waals surface area contributed by atoms with E-state index >= 15 is 0 Å². The number of amides is 1. The average Bonchev–Trinajstić information content (AvgIpc) is 3.31. The van der Waals surface area contributed by atoms with E-state index < -0.39 is 11.9 Å². The van der Waals surface area contributed by atoms with Gasteiger partial charge in [0.1, 0.15) is 11.5 Å². The largest absolute Gasteiger partial charge is 0.473 e. The van der Waals surface area contributed by atoms with Crippen LogP contribution in [0.3, 0.4) is 0 Å². The second kappa shape index (κ2) is 9.65. The summed E-state index contributed by atoms with van der Waals surface area (Å²) in [6.07, 6.45) is 1.60. The average molecular weight is 397 g/mol. The van der Waals surface area contributed by atoms with Gasteiger partial charge in [0.15, 0.2) is 0 Å². The van der Waals surface area contributed by atoms with Crippen LogP contribution in [0.4, 0.5) is 0 Å². The van der Waals surface area contributed by atoms with E-state index in [9.17, 15) is 4.79 Å². The normalized spacial score (nSPS) is 18.6. The maximum atomic E-state index is 12.6. The third kappa shape index (κ3) is 5.52. The minimum Gasteiger partial charge on any atom is -0.473 e. The van der Waals surface area contributed by atoms with Gasteiger partial charge in [0.25, 0.3) is 0 Å². The van der Waals surface area contributed by atoms with Crippen LogP contribution in [0.25, 0.3) is 0 Å². The van der Waals surface area contributed by atoms with Crippen molar-refractivity contribution in [3.8, 4) is 0 Å². The number of carboxylic acid groups (broad SMARTS) is 2. The molecule has 1 fully saturated rings. The molecule has 10 nitrogen and oxygen atoms in total. The van der Waals surface area contributed by atoms with Gasteiger partial charge in [-0.1, -0.05) is 5.16 Å². The summed E-state index contributed by atoms with van der Waals surface area (Å²) in [5.41, 5.74) is 2.07. The van der Waals surface area contributed by atoms with E-state index in [0.29, 0.717) is 25.8 Å². The quantitative estimate of drug-likeness (QED) is 0.700. The summed E-state index contributed by atoms with van der Waals surface area (Å²) < 4.78 is 10.8. The highest BCUT2D eigenvalue weighted by molar-refractivity contribution is 6.27. The van der Waals surface area contributed by atoms with Gasteiger partial charge in [-0.2, -0.15) is 0 Å². The molecule has 0 bridgehead atoms. The van der Waals surface area contributed by atoms with Crippen molar-refractivity contribution in [1.29, 1.82) is 0 Å². The minimum absolute atomic E-state index is 0.0307. The van der Waals surface area contributed by atoms with Gasteiger partial charge in [-0.05, 0) is 27.3 Å². The first kappa shape index (κ1) is 21.8. The molecule has 2 N–H and O–H groups in total. The van der Waals surface area contributed by atoms with Gasteiger partial charge in [0.2, 0.25) is 5.91 Å². The first-order valence-electron chi connectivity index (χ1n) is 9.20. The minimum atomic E-state index is -1.82. The lowest BCUT2D eigenvalue weighted by molar-refractivity contribution is -0.159. The number of aromatic nitrogens is 1. The van der Waals surface area contributed by atoms with Gasteiger partial charge >= 0.3 is 11.9 Å². The maximum absolute atomic E-state index is 12.6. The number of carbonyl (C=O) groups is 3. The highest BCUT2D eigenvalue weighted by atomic mass is 16.5. The Morgan fingerprint density at radius 2 is 1.96 bits per heavy atom. The molecule has 2 aliphatic heterocycles. The molecule has 156 valence electrons. The number of carbonyl (C=O) groups excluding carboxylic acids is 1. The predicted molar refractivity (Wildman–Crippen MR) is 96.4 cm³/mol. The highest BCUT2D eigenvalue weighted by Gasteiger charge is 2.32. The molecule has 3 rings (SSSR count). The molecule has 1 aromatic heterocycles. The molecule has 0 aliphatic carbocycles. The summed E-state index contributed by atoms with van der Waals surface area (Å²) >= 11 is 0. The van der Waals surface area contributed by atoms with E-state index in [4.69, 9.17) is 29.1 Å². The van der Waals surface area contributed by atoms with E-state index in [1.807, 2.05) is 4.90 Å². The maximum Gasteiger partial charge on any atom is 0.414 e. The number of carboxylic acids is 2. The summed E-state index contributed by atoms with van der Waals surface area (Å²) in [4.78, 5) is 34.9. The monoisotopic (exact) mass is 397 g/mol. The van der Waals surface area contributed by atoms with Gasteiger partial charge in [0, 0.05) is 37.7 Å². The van der Waals surface area contributed by atoms with Crippen molar-refractivity contribution in [2.24, 2.45) is 5.92 Å². The SMILES string of the molecule is CC(C)N(C)Cc1noc2c1CN(C(=O)C1CCOC1)CC2.O=C(O)C(=O)O. The number of aliphatic carboxylic acids is 2. The predicted octanol–water partition coefficient (Wildman–Crippen LogP) is 0.592. The molecule has 28 heavy (non-hydrogen) atoms. The van der Waals surface area contributed by atoms with Crippen molar-refractivity contribution in [2.45, 2.75) is 45.8 Å². The lowest BCUT2D eigenvalue weighted by Crippen LogP contribution is -2.40. The standard InChI is InChI=1S/C16H25N3O3.C2H2O4/c1-11(2)18(3)9-14-13-8-19(6-4-15(13)22-17-14)16(20)12-5-7-21-10-12;3-1(4)2(5)6/h11-12H,4-10H2,1-3H3;(H,3,4)(H,5,6). The van der Waals surface area contributed by atoms with Crippen LogP contribution in [0.1, 0.15) is 37.3 Å². The zero-order valence-electron chi connectivity index (χ0n) is 16.4. The van der Waals surface area contributed by atoms with Crippen molar-refractivity contribution in [3.63, 3.8) is 0 Å². The fourth-order valence-corrected chi connectivity index (χ4v) is 2.98. The van der Waals surface area contributed by atoms with Crippen LogP contribution in [0, 0.1) is 5.92 Å². The van der Waals surface area contributed by atoms with Crippen molar-refractivity contribution < 1.29 is 33.9 Å². The van der Waals surface area contributed by atoms with Crippen LogP contribution in [-0.4, -0.2) is 75.9 Å². The molecule has 1 unspecified atom stereocenters. The molecule has 1 atom stereocenters. The molecular weight excluding hydrogens is 370 g/mol. The lowest BCUT2D eigenvalue weighted by Gasteiger charge is -2.29. The first-order valence-corrected chi connectivity index (χ1v) is 9.20. The van der Waals surface area contributed by atoms with Crippen LogP contribution in [0.2, 0.25) is 0 Å². The van der Waals surface area contributed by atoms with Crippen molar-refractivity contribution in [3.05, 3.63) is 17.0 Å². The molecule has 3 heterocycles. The van der Waals surface area contributed by atoms with Crippen molar-refractivity contribution in [2.75, 3.05) is 26.8 Å². The molecule has 0 spiro atoms. The second-order valence-corrected chi connectivity index (χ2v) is 7.22. The lowest BCUT2D eigenvalue weighted by atomic mass is 10.0. The first-order chi connectivity index (χ1) is 13.2. The summed E-state index contributed by atoms with van der Waals surface area (Å²) in [7, 11) is 2.08. The molecule has 1 amide bonds. The van der Waals surface area contributed by atoms with Crippen molar-refractivity contribution in [1.82, 2.24) is 15.0 Å². The molecule has 1 aromatic rings. The zero-order chi connectivity index (χ0) is 20.8. The number of hydrogen-bond acceptors (Lipinski definition) is 7. The van der Waals surface area contributed by atoms with Crippen LogP contribution in [-0.2, 0) is 38.6 Å². The number of nitrogens with zero attached hydrogens (tertiary/aromatic N) is 3. The molecule has 10 heteroatoms. The van der Waals surface area contributed by atoms with Crippen LogP contribution >= 0.6 is 0 Å². The number of ether oxygens (including phenoxy) is 1. The van der Waals surface area contributed by atoms with Crippen LogP contribution in [0.5, 0.6) is 0 Å². The van der Waals surface area contributed by atoms with Gasteiger partial charge in [0.05, 0.1) is 19.1 Å². The van der Waals surface area contributed by atoms with Gasteiger partial charge < -0.3 is 24.4 Å². The summed E-state index contributed by atoms with van der Waals surface area (Å²) in [6, 6.07) is 0.448. The fraction of sp³-hybridized carbons (Fsp3) is 0.667. The third-order valence-corrected chi connectivity index (χ3v) is 4.96. The van der Waals surface area contributed by atoms with E-state index in [1.165, 1.54) is 0 Å². The summed E-state index contributed by atoms with van der Waals surface area (Å²) in [5.74, 6) is -2.46. The van der Waals surface area contributed by atoms with Gasteiger partial charge in [-0.15, -0.1) is 0 Å². The van der Waals surface area contributed by atoms with Crippen LogP contribution in [0.15, 0.2) is 4.52 Å². The Morgan fingerprint density at radius 1 is 1.29 bits per heavy atom. The van der Waals surface area contributed by atoms with E-state index in [1.54, 1.807) is 0 Å². The Bertz CT molecular complexity index is 698. The molecule has 0 saturated carbocycles. The smallest absolute Gasteiger partial charge is 0.414 e. The van der Waals surface area contributed by atoms with E-state index in [0.717, 1.165) is 42.9 Å². The Hall–Kier alpha value is -2.46. The molecule has 0 aromatic carbocycles. The number of hydrogen-bond donors (Lipinski definition) is 2. The summed E-state index contributed by atoms with van der Waals surface area (Å²) in [6.45, 7) is 7.67. The topological polar surface area (TPSA) is 133 Å². The highest BCUT2D eigenvalue weighted by Crippen LogP contribution is 2.26. The molecule has 1 saturated heterocycles. The fourth-order valence-electron chi connectivity index (χ4n) is 2.98. The Balaban J connectivity index is 0.000000409. The summed E-state index contributed by atoms with van der Waals surface area (Å²) in [5, 5.41) is 19.0.